The summed E-state index contributed by atoms with van der Waals surface area (Å²) in [4.78, 5) is 7.96. The predicted molar refractivity (Wildman–Crippen MR) is 62.0 cm³/mol. The molecule has 5 heteroatoms. The van der Waals surface area contributed by atoms with Crippen LogP contribution < -0.4 is 10.6 Å². The molecule has 88 valence electrons. The third-order valence-corrected chi connectivity index (χ3v) is 2.77. The number of halogens is 1. The lowest BCUT2D eigenvalue weighted by molar-refractivity contribution is 0.606. The molecule has 0 bridgehead atoms. The molecule has 0 radical (unpaired) electrons. The second-order valence-corrected chi connectivity index (χ2v) is 4.19. The fourth-order valence-electron chi connectivity index (χ4n) is 1.64. The van der Waals surface area contributed by atoms with Crippen LogP contribution in [0.15, 0.2) is 6.20 Å². The fourth-order valence-corrected chi connectivity index (χ4v) is 1.64. The van der Waals surface area contributed by atoms with Crippen LogP contribution in [0.1, 0.15) is 26.7 Å². The highest BCUT2D eigenvalue weighted by molar-refractivity contribution is 5.42. The van der Waals surface area contributed by atoms with E-state index in [0.717, 1.165) is 6.54 Å². The van der Waals surface area contributed by atoms with Gasteiger partial charge in [-0.25, -0.2) is 9.37 Å². The van der Waals surface area contributed by atoms with E-state index in [-0.39, 0.29) is 6.04 Å². The summed E-state index contributed by atoms with van der Waals surface area (Å²) in [5, 5.41) is 6.07. The van der Waals surface area contributed by atoms with Gasteiger partial charge in [0.05, 0.1) is 6.20 Å². The van der Waals surface area contributed by atoms with E-state index in [0.29, 0.717) is 17.7 Å². The Morgan fingerprint density at radius 3 is 2.94 bits per heavy atom. The number of hydrogen-bond donors (Lipinski definition) is 2. The summed E-state index contributed by atoms with van der Waals surface area (Å²) in [5.74, 6) is 1.03. The van der Waals surface area contributed by atoms with E-state index in [2.05, 4.69) is 27.5 Å². The molecule has 1 heterocycles. The van der Waals surface area contributed by atoms with E-state index in [1.807, 2.05) is 6.92 Å². The Morgan fingerprint density at radius 2 is 2.31 bits per heavy atom. The first-order chi connectivity index (χ1) is 7.70. The lowest BCUT2D eigenvalue weighted by Gasteiger charge is -2.14. The maximum absolute atomic E-state index is 13.4. The number of rotatable bonds is 5. The summed E-state index contributed by atoms with van der Waals surface area (Å²) >= 11 is 0. The first-order valence-electron chi connectivity index (χ1n) is 5.73. The molecule has 1 aliphatic carbocycles. The van der Waals surface area contributed by atoms with Crippen molar-refractivity contribution >= 4 is 11.8 Å². The third kappa shape index (κ3) is 2.59. The number of nitrogens with one attached hydrogen (secondary N) is 2. The van der Waals surface area contributed by atoms with Crippen LogP contribution in [0.5, 0.6) is 0 Å². The number of hydrogen-bond acceptors (Lipinski definition) is 4. The zero-order valence-corrected chi connectivity index (χ0v) is 9.63. The topological polar surface area (TPSA) is 49.8 Å². The molecule has 16 heavy (non-hydrogen) atoms. The lowest BCUT2D eigenvalue weighted by Crippen LogP contribution is -2.19. The van der Waals surface area contributed by atoms with Crippen LogP contribution in [0.2, 0.25) is 0 Å². The molecule has 0 saturated heterocycles. The van der Waals surface area contributed by atoms with Gasteiger partial charge in [-0.2, -0.15) is 4.98 Å². The standard InChI is InChI=1S/C11H17FN4/c1-3-13-11-14-6-9(12)10(16-11)15-7(2)8-4-5-8/h6-8H,3-5H2,1-2H3,(H2,13,14,15,16). The van der Waals surface area contributed by atoms with E-state index in [9.17, 15) is 4.39 Å². The van der Waals surface area contributed by atoms with Gasteiger partial charge in [0.1, 0.15) is 0 Å². The van der Waals surface area contributed by atoms with Crippen LogP contribution in [-0.2, 0) is 0 Å². The van der Waals surface area contributed by atoms with Crippen LogP contribution >= 0.6 is 0 Å². The summed E-state index contributed by atoms with van der Waals surface area (Å²) in [7, 11) is 0. The van der Waals surface area contributed by atoms with Crippen molar-refractivity contribution in [3.63, 3.8) is 0 Å². The SMILES string of the molecule is CCNc1ncc(F)c(NC(C)C2CC2)n1. The largest absolute Gasteiger partial charge is 0.365 e. The average molecular weight is 224 g/mol. The van der Waals surface area contributed by atoms with Crippen molar-refractivity contribution in [1.29, 1.82) is 0 Å². The van der Waals surface area contributed by atoms with Crippen molar-refractivity contribution < 1.29 is 4.39 Å². The van der Waals surface area contributed by atoms with Crippen LogP contribution in [-0.4, -0.2) is 22.6 Å². The molecule has 1 aromatic heterocycles. The van der Waals surface area contributed by atoms with Gasteiger partial charge in [-0.05, 0) is 32.6 Å². The van der Waals surface area contributed by atoms with Crippen molar-refractivity contribution in [2.45, 2.75) is 32.7 Å². The number of nitrogens with zero attached hydrogens (tertiary/aromatic N) is 2. The Bertz CT molecular complexity index is 365. The number of anilines is 2. The molecule has 1 aliphatic rings. The molecule has 2 N–H and O–H groups in total. The average Bonchev–Trinajstić information content (AvgIpc) is 3.07. The third-order valence-electron chi connectivity index (χ3n) is 2.77. The molecule has 0 aliphatic heterocycles. The minimum absolute atomic E-state index is 0.277. The predicted octanol–water partition coefficient (Wildman–Crippen LogP) is 2.26. The molecule has 4 nitrogen and oxygen atoms in total. The molecular weight excluding hydrogens is 207 g/mol. The first kappa shape index (κ1) is 11.1. The Morgan fingerprint density at radius 1 is 1.56 bits per heavy atom. The lowest BCUT2D eigenvalue weighted by atomic mass is 10.2. The number of aromatic nitrogens is 2. The van der Waals surface area contributed by atoms with Gasteiger partial charge < -0.3 is 10.6 Å². The van der Waals surface area contributed by atoms with Gasteiger partial charge in [0.2, 0.25) is 5.95 Å². The molecule has 0 aromatic carbocycles. The van der Waals surface area contributed by atoms with E-state index in [1.54, 1.807) is 0 Å². The van der Waals surface area contributed by atoms with Crippen LogP contribution in [0.3, 0.4) is 0 Å². The van der Waals surface area contributed by atoms with Gasteiger partial charge in [0, 0.05) is 12.6 Å². The van der Waals surface area contributed by atoms with E-state index < -0.39 is 5.82 Å². The van der Waals surface area contributed by atoms with E-state index in [1.165, 1.54) is 19.0 Å². The summed E-state index contributed by atoms with van der Waals surface area (Å²) < 4.78 is 13.4. The van der Waals surface area contributed by atoms with E-state index in [4.69, 9.17) is 0 Å². The smallest absolute Gasteiger partial charge is 0.224 e. The molecular formula is C11H17FN4. The van der Waals surface area contributed by atoms with Crippen LogP contribution in [0, 0.1) is 11.7 Å². The van der Waals surface area contributed by atoms with E-state index >= 15 is 0 Å². The molecule has 1 atom stereocenters. The van der Waals surface area contributed by atoms with Gasteiger partial charge in [0.15, 0.2) is 11.6 Å². The summed E-state index contributed by atoms with van der Waals surface area (Å²) in [6.45, 7) is 4.74. The summed E-state index contributed by atoms with van der Waals surface area (Å²) in [5.41, 5.74) is 0. The normalized spacial score (nSPS) is 16.9. The van der Waals surface area contributed by atoms with Gasteiger partial charge in [-0.3, -0.25) is 0 Å². The Hall–Kier alpha value is -1.39. The second-order valence-electron chi connectivity index (χ2n) is 4.19. The van der Waals surface area contributed by atoms with Gasteiger partial charge in [-0.15, -0.1) is 0 Å². The second kappa shape index (κ2) is 4.63. The van der Waals surface area contributed by atoms with Gasteiger partial charge >= 0.3 is 0 Å². The van der Waals surface area contributed by atoms with Gasteiger partial charge in [-0.1, -0.05) is 0 Å². The summed E-state index contributed by atoms with van der Waals surface area (Å²) in [6.07, 6.45) is 3.65. The minimum atomic E-state index is -0.394. The Labute approximate surface area is 94.7 Å². The Kier molecular flexibility index (Phi) is 3.22. The van der Waals surface area contributed by atoms with Crippen molar-refractivity contribution in [2.75, 3.05) is 17.2 Å². The quantitative estimate of drug-likeness (QED) is 0.805. The summed E-state index contributed by atoms with van der Waals surface area (Å²) in [6, 6.07) is 0.277. The van der Waals surface area contributed by atoms with Crippen molar-refractivity contribution in [1.82, 2.24) is 9.97 Å². The molecule has 1 aromatic rings. The zero-order valence-electron chi connectivity index (χ0n) is 9.63. The first-order valence-corrected chi connectivity index (χ1v) is 5.73. The monoisotopic (exact) mass is 224 g/mol. The molecule has 1 saturated carbocycles. The highest BCUT2D eigenvalue weighted by Gasteiger charge is 2.28. The molecule has 1 fully saturated rings. The minimum Gasteiger partial charge on any atom is -0.365 e. The molecule has 0 spiro atoms. The zero-order chi connectivity index (χ0) is 11.5. The van der Waals surface area contributed by atoms with Gasteiger partial charge in [0.25, 0.3) is 0 Å². The van der Waals surface area contributed by atoms with Crippen LogP contribution in [0.25, 0.3) is 0 Å². The Balaban J connectivity index is 2.07. The molecule has 0 amide bonds. The highest BCUT2D eigenvalue weighted by atomic mass is 19.1. The molecule has 1 unspecified atom stereocenters. The highest BCUT2D eigenvalue weighted by Crippen LogP contribution is 2.34. The van der Waals surface area contributed by atoms with Crippen molar-refractivity contribution in [3.05, 3.63) is 12.0 Å². The fraction of sp³-hybridized carbons (Fsp3) is 0.636. The maximum Gasteiger partial charge on any atom is 0.224 e. The van der Waals surface area contributed by atoms with Crippen LogP contribution in [0.4, 0.5) is 16.2 Å². The van der Waals surface area contributed by atoms with Crippen molar-refractivity contribution in [2.24, 2.45) is 5.92 Å². The van der Waals surface area contributed by atoms with Crippen molar-refractivity contribution in [3.8, 4) is 0 Å². The maximum atomic E-state index is 13.4. The molecule has 2 rings (SSSR count).